The van der Waals surface area contributed by atoms with Gasteiger partial charge in [-0.15, -0.1) is 0 Å². The van der Waals surface area contributed by atoms with Crippen molar-refractivity contribution in [1.82, 2.24) is 0 Å². The molecular weight excluding hydrogens is 240 g/mol. The second-order valence-electron chi connectivity index (χ2n) is 5.52. The van der Waals surface area contributed by atoms with E-state index in [-0.39, 0.29) is 6.04 Å². The van der Waals surface area contributed by atoms with Crippen molar-refractivity contribution in [3.8, 4) is 0 Å². The molecule has 0 bridgehead atoms. The van der Waals surface area contributed by atoms with E-state index in [1.54, 1.807) is 12.2 Å². The van der Waals surface area contributed by atoms with Crippen LogP contribution in [0.2, 0.25) is 0 Å². The minimum Gasteiger partial charge on any atom is -0.211 e. The van der Waals surface area contributed by atoms with Crippen LogP contribution in [0.5, 0.6) is 0 Å². The van der Waals surface area contributed by atoms with Crippen LogP contribution in [0.4, 0.5) is 0 Å². The number of nitrogens with zero attached hydrogens (tertiary/aromatic N) is 2. The maximum absolute atomic E-state index is 10.2. The second-order valence-corrected chi connectivity index (χ2v) is 5.52. The van der Waals surface area contributed by atoms with Crippen LogP contribution in [0.15, 0.2) is 9.98 Å². The first kappa shape index (κ1) is 15.8. The zero-order valence-corrected chi connectivity index (χ0v) is 11.8. The van der Waals surface area contributed by atoms with Gasteiger partial charge >= 0.3 is 0 Å². The van der Waals surface area contributed by atoms with Crippen molar-refractivity contribution in [2.24, 2.45) is 21.8 Å². The van der Waals surface area contributed by atoms with E-state index in [9.17, 15) is 9.59 Å². The molecule has 106 valence electrons. The highest BCUT2D eigenvalue weighted by Gasteiger charge is 2.22. The molecule has 0 aromatic heterocycles. The lowest BCUT2D eigenvalue weighted by Gasteiger charge is -2.28. The second kappa shape index (κ2) is 9.66. The molecule has 19 heavy (non-hydrogen) atoms. The van der Waals surface area contributed by atoms with E-state index in [0.717, 1.165) is 37.5 Å². The number of aliphatic imine (C=N–C) groups is 2. The maximum Gasteiger partial charge on any atom is 0.235 e. The summed E-state index contributed by atoms with van der Waals surface area (Å²) in [6.45, 7) is 2.84. The van der Waals surface area contributed by atoms with Crippen molar-refractivity contribution in [3.63, 3.8) is 0 Å². The summed E-state index contributed by atoms with van der Waals surface area (Å²) in [5.74, 6) is 1.51. The molecule has 0 spiro atoms. The fourth-order valence-corrected chi connectivity index (χ4v) is 3.05. The summed E-state index contributed by atoms with van der Waals surface area (Å²) < 4.78 is 0. The van der Waals surface area contributed by atoms with Crippen LogP contribution in [-0.2, 0) is 9.59 Å². The normalized spacial score (nSPS) is 24.1. The van der Waals surface area contributed by atoms with Gasteiger partial charge in [-0.05, 0) is 56.8 Å². The topological polar surface area (TPSA) is 58.9 Å². The number of rotatable bonds is 8. The first-order valence-corrected chi connectivity index (χ1v) is 7.40. The SMILES string of the molecule is CCC(CCCN=C=O)CC1CCC(N=C=O)CC1. The van der Waals surface area contributed by atoms with Crippen LogP contribution in [0, 0.1) is 11.8 Å². The molecule has 0 heterocycles. The van der Waals surface area contributed by atoms with Crippen molar-refractivity contribution in [2.75, 3.05) is 6.54 Å². The molecule has 1 saturated carbocycles. The summed E-state index contributed by atoms with van der Waals surface area (Å²) >= 11 is 0. The third-order valence-electron chi connectivity index (χ3n) is 4.24. The lowest BCUT2D eigenvalue weighted by Crippen LogP contribution is -2.19. The van der Waals surface area contributed by atoms with E-state index in [1.807, 2.05) is 0 Å². The average molecular weight is 264 g/mol. The van der Waals surface area contributed by atoms with Crippen molar-refractivity contribution < 1.29 is 9.59 Å². The van der Waals surface area contributed by atoms with Crippen LogP contribution in [-0.4, -0.2) is 24.7 Å². The molecule has 1 aliphatic rings. The molecule has 4 nitrogen and oxygen atoms in total. The van der Waals surface area contributed by atoms with Crippen molar-refractivity contribution in [3.05, 3.63) is 0 Å². The van der Waals surface area contributed by atoms with E-state index < -0.39 is 0 Å². The van der Waals surface area contributed by atoms with Gasteiger partial charge in [0.15, 0.2) is 0 Å². The van der Waals surface area contributed by atoms with Crippen LogP contribution < -0.4 is 0 Å². The number of isocyanates is 2. The van der Waals surface area contributed by atoms with E-state index in [1.165, 1.54) is 25.7 Å². The smallest absolute Gasteiger partial charge is 0.211 e. The lowest BCUT2D eigenvalue weighted by molar-refractivity contribution is 0.257. The highest BCUT2D eigenvalue weighted by Crippen LogP contribution is 2.32. The van der Waals surface area contributed by atoms with Gasteiger partial charge in [0.1, 0.15) is 0 Å². The average Bonchev–Trinajstić information content (AvgIpc) is 2.44. The van der Waals surface area contributed by atoms with Crippen LogP contribution in [0.1, 0.15) is 58.3 Å². The third-order valence-corrected chi connectivity index (χ3v) is 4.24. The van der Waals surface area contributed by atoms with Gasteiger partial charge in [-0.1, -0.05) is 13.3 Å². The summed E-state index contributed by atoms with van der Waals surface area (Å²) in [6, 6.07) is 0.218. The predicted molar refractivity (Wildman–Crippen MR) is 74.5 cm³/mol. The zero-order chi connectivity index (χ0) is 13.9. The Bertz CT molecular complexity index is 333. The maximum atomic E-state index is 10.2. The third kappa shape index (κ3) is 6.47. The van der Waals surface area contributed by atoms with E-state index in [4.69, 9.17) is 0 Å². The highest BCUT2D eigenvalue weighted by atomic mass is 16.1. The van der Waals surface area contributed by atoms with Crippen molar-refractivity contribution in [2.45, 2.75) is 64.3 Å². The molecule has 1 aliphatic carbocycles. The van der Waals surface area contributed by atoms with E-state index >= 15 is 0 Å². The Morgan fingerprint density at radius 2 is 1.89 bits per heavy atom. The first-order valence-electron chi connectivity index (χ1n) is 7.40. The van der Waals surface area contributed by atoms with Gasteiger partial charge in [-0.3, -0.25) is 0 Å². The summed E-state index contributed by atoms with van der Waals surface area (Å²) in [4.78, 5) is 27.6. The summed E-state index contributed by atoms with van der Waals surface area (Å²) in [5.41, 5.74) is 0. The van der Waals surface area contributed by atoms with Gasteiger partial charge in [0, 0.05) is 0 Å². The Morgan fingerprint density at radius 1 is 1.16 bits per heavy atom. The Kier molecular flexibility index (Phi) is 8.04. The molecule has 0 aromatic carbocycles. The molecule has 4 heteroatoms. The molecule has 0 radical (unpaired) electrons. The van der Waals surface area contributed by atoms with E-state index in [2.05, 4.69) is 16.9 Å². The van der Waals surface area contributed by atoms with Crippen LogP contribution >= 0.6 is 0 Å². The minimum absolute atomic E-state index is 0.218. The van der Waals surface area contributed by atoms with Gasteiger partial charge < -0.3 is 0 Å². The Balaban J connectivity index is 2.24. The molecule has 1 atom stereocenters. The van der Waals surface area contributed by atoms with Crippen molar-refractivity contribution in [1.29, 1.82) is 0 Å². The molecule has 1 unspecified atom stereocenters. The fourth-order valence-electron chi connectivity index (χ4n) is 3.05. The molecule has 0 saturated heterocycles. The molecule has 0 aliphatic heterocycles. The number of hydrogen-bond acceptors (Lipinski definition) is 4. The number of hydrogen-bond donors (Lipinski definition) is 0. The van der Waals surface area contributed by atoms with E-state index in [0.29, 0.717) is 6.54 Å². The summed E-state index contributed by atoms with van der Waals surface area (Å²) in [6.07, 6.45) is 12.3. The van der Waals surface area contributed by atoms with Gasteiger partial charge in [-0.2, -0.15) is 0 Å². The lowest BCUT2D eigenvalue weighted by atomic mass is 9.79. The minimum atomic E-state index is 0.218. The Morgan fingerprint density at radius 3 is 2.47 bits per heavy atom. The summed E-state index contributed by atoms with van der Waals surface area (Å²) in [7, 11) is 0. The fraction of sp³-hybridized carbons (Fsp3) is 0.867. The van der Waals surface area contributed by atoms with Crippen LogP contribution in [0.25, 0.3) is 0 Å². The van der Waals surface area contributed by atoms with Crippen LogP contribution in [0.3, 0.4) is 0 Å². The molecule has 1 fully saturated rings. The molecule has 0 amide bonds. The number of carbonyl (C=O) groups excluding carboxylic acids is 2. The van der Waals surface area contributed by atoms with Gasteiger partial charge in [0.25, 0.3) is 0 Å². The Hall–Kier alpha value is -1.24. The van der Waals surface area contributed by atoms with Gasteiger partial charge in [-0.25, -0.2) is 19.6 Å². The quantitative estimate of drug-likeness (QED) is 0.383. The highest BCUT2D eigenvalue weighted by molar-refractivity contribution is 5.33. The monoisotopic (exact) mass is 264 g/mol. The first-order chi connectivity index (χ1) is 9.30. The molecular formula is C15H24N2O2. The molecule has 1 rings (SSSR count). The van der Waals surface area contributed by atoms with Gasteiger partial charge in [0.2, 0.25) is 12.2 Å². The largest absolute Gasteiger partial charge is 0.235 e. The molecule has 0 aromatic rings. The zero-order valence-electron chi connectivity index (χ0n) is 11.8. The van der Waals surface area contributed by atoms with Gasteiger partial charge in [0.05, 0.1) is 12.6 Å². The van der Waals surface area contributed by atoms with Crippen molar-refractivity contribution >= 4 is 12.2 Å². The Labute approximate surface area is 115 Å². The predicted octanol–water partition coefficient (Wildman–Crippen LogP) is 3.41. The standard InChI is InChI=1S/C15H24N2O2/c1-2-13(4-3-9-16-11-18)10-14-5-7-15(8-6-14)17-12-19/h13-15H,2-10H2,1H3. The molecule has 0 N–H and O–H groups in total. The summed E-state index contributed by atoms with van der Waals surface area (Å²) in [5, 5.41) is 0.